The molecule has 0 aromatic heterocycles. The fourth-order valence-electron chi connectivity index (χ4n) is 3.37. The van der Waals surface area contributed by atoms with E-state index in [4.69, 9.17) is 9.47 Å². The predicted octanol–water partition coefficient (Wildman–Crippen LogP) is 2.60. The number of para-hydroxylation sites is 1. The van der Waals surface area contributed by atoms with Crippen molar-refractivity contribution in [2.75, 3.05) is 50.8 Å². The predicted molar refractivity (Wildman–Crippen MR) is 96.8 cm³/mol. The molecule has 0 aliphatic carbocycles. The Balaban J connectivity index is 1.35. The number of hydrogen-bond donors (Lipinski definition) is 0. The number of hydrogen-bond acceptors (Lipinski definition) is 5. The van der Waals surface area contributed by atoms with Gasteiger partial charge < -0.3 is 14.4 Å². The number of piperazine rings is 1. The first kappa shape index (κ1) is 16.8. The topological polar surface area (TPSA) is 42.0 Å². The number of nitrogens with zero attached hydrogens (tertiary/aromatic N) is 2. The van der Waals surface area contributed by atoms with E-state index in [0.29, 0.717) is 55.6 Å². The third kappa shape index (κ3) is 3.51. The summed E-state index contributed by atoms with van der Waals surface area (Å²) < 4.78 is 24.9. The third-order valence-corrected chi connectivity index (χ3v) is 4.80. The first-order valence-corrected chi connectivity index (χ1v) is 8.85. The summed E-state index contributed by atoms with van der Waals surface area (Å²) >= 11 is 0. The standard InChI is InChI=1S/C20H21FN2O3/c21-16-3-1-2-4-17(16)23-9-7-22(8-10-23)14-18(24)15-5-6-19-20(13-15)26-12-11-25-19/h1-6,13H,7-12,14H2. The zero-order valence-corrected chi connectivity index (χ0v) is 14.5. The van der Waals surface area contributed by atoms with Gasteiger partial charge in [0.05, 0.1) is 12.2 Å². The first-order chi connectivity index (χ1) is 12.7. The molecule has 1 fully saturated rings. The molecular formula is C20H21FN2O3. The summed E-state index contributed by atoms with van der Waals surface area (Å²) in [5.74, 6) is 1.17. The van der Waals surface area contributed by atoms with Crippen molar-refractivity contribution < 1.29 is 18.7 Å². The average molecular weight is 356 g/mol. The molecule has 0 unspecified atom stereocenters. The first-order valence-electron chi connectivity index (χ1n) is 8.85. The van der Waals surface area contributed by atoms with Crippen molar-refractivity contribution in [3.8, 4) is 11.5 Å². The normalized spacial score (nSPS) is 17.2. The summed E-state index contributed by atoms with van der Waals surface area (Å²) in [6.07, 6.45) is 0. The highest BCUT2D eigenvalue weighted by atomic mass is 19.1. The number of rotatable bonds is 4. The number of benzene rings is 2. The highest BCUT2D eigenvalue weighted by Gasteiger charge is 2.22. The number of Topliss-reactive ketones (excluding diaryl/α,β-unsaturated/α-hetero) is 1. The van der Waals surface area contributed by atoms with Crippen LogP contribution in [0.5, 0.6) is 11.5 Å². The number of anilines is 1. The molecule has 0 saturated carbocycles. The van der Waals surface area contributed by atoms with Crippen LogP contribution in [0.15, 0.2) is 42.5 Å². The van der Waals surface area contributed by atoms with Crippen molar-refractivity contribution in [2.45, 2.75) is 0 Å². The van der Waals surface area contributed by atoms with Gasteiger partial charge in [-0.15, -0.1) is 0 Å². The SMILES string of the molecule is O=C(CN1CCN(c2ccccc2F)CC1)c1ccc2c(c1)OCCO2. The molecule has 0 atom stereocenters. The van der Waals surface area contributed by atoms with Gasteiger partial charge in [0.15, 0.2) is 17.3 Å². The molecule has 2 aromatic rings. The molecule has 0 bridgehead atoms. The fraction of sp³-hybridized carbons (Fsp3) is 0.350. The van der Waals surface area contributed by atoms with Gasteiger partial charge in [0.1, 0.15) is 19.0 Å². The van der Waals surface area contributed by atoms with E-state index in [0.717, 1.165) is 13.1 Å². The van der Waals surface area contributed by atoms with Crippen LogP contribution in [0.1, 0.15) is 10.4 Å². The molecule has 0 N–H and O–H groups in total. The highest BCUT2D eigenvalue weighted by Crippen LogP contribution is 2.31. The van der Waals surface area contributed by atoms with Crippen molar-refractivity contribution in [3.63, 3.8) is 0 Å². The van der Waals surface area contributed by atoms with E-state index in [2.05, 4.69) is 4.90 Å². The van der Waals surface area contributed by atoms with Crippen molar-refractivity contribution in [1.29, 1.82) is 0 Å². The molecule has 0 radical (unpaired) electrons. The Hall–Kier alpha value is -2.60. The molecule has 6 heteroatoms. The molecular weight excluding hydrogens is 335 g/mol. The van der Waals surface area contributed by atoms with Crippen LogP contribution in [0, 0.1) is 5.82 Å². The Morgan fingerprint density at radius 2 is 1.69 bits per heavy atom. The summed E-state index contributed by atoms with van der Waals surface area (Å²) in [5, 5.41) is 0. The van der Waals surface area contributed by atoms with Crippen LogP contribution >= 0.6 is 0 Å². The number of halogens is 1. The van der Waals surface area contributed by atoms with E-state index >= 15 is 0 Å². The molecule has 0 amide bonds. The summed E-state index contributed by atoms with van der Waals surface area (Å²) in [4.78, 5) is 16.7. The highest BCUT2D eigenvalue weighted by molar-refractivity contribution is 5.98. The Morgan fingerprint density at radius 1 is 0.962 bits per heavy atom. The quantitative estimate of drug-likeness (QED) is 0.788. The Labute approximate surface area is 151 Å². The lowest BCUT2D eigenvalue weighted by atomic mass is 10.1. The van der Waals surface area contributed by atoms with E-state index in [1.165, 1.54) is 6.07 Å². The molecule has 26 heavy (non-hydrogen) atoms. The number of fused-ring (bicyclic) bond motifs is 1. The Kier molecular flexibility index (Phi) is 4.75. The van der Waals surface area contributed by atoms with Gasteiger partial charge in [-0.05, 0) is 30.3 Å². The van der Waals surface area contributed by atoms with Crippen LogP contribution in [0.25, 0.3) is 0 Å². The molecule has 2 aliphatic rings. The molecule has 1 saturated heterocycles. The van der Waals surface area contributed by atoms with Gasteiger partial charge in [-0.25, -0.2) is 4.39 Å². The van der Waals surface area contributed by atoms with Crippen LogP contribution in [0.2, 0.25) is 0 Å². The van der Waals surface area contributed by atoms with Crippen LogP contribution in [0.3, 0.4) is 0 Å². The summed E-state index contributed by atoms with van der Waals surface area (Å²) in [6.45, 7) is 4.25. The second-order valence-corrected chi connectivity index (χ2v) is 6.50. The van der Waals surface area contributed by atoms with Crippen LogP contribution in [-0.2, 0) is 0 Å². The minimum atomic E-state index is -0.201. The second-order valence-electron chi connectivity index (χ2n) is 6.50. The summed E-state index contributed by atoms with van der Waals surface area (Å²) in [7, 11) is 0. The minimum absolute atomic E-state index is 0.0568. The maximum atomic E-state index is 13.9. The molecule has 0 spiro atoms. The van der Waals surface area contributed by atoms with Gasteiger partial charge in [0.2, 0.25) is 0 Å². The number of ether oxygens (including phenoxy) is 2. The minimum Gasteiger partial charge on any atom is -0.486 e. The van der Waals surface area contributed by atoms with Crippen molar-refractivity contribution in [1.82, 2.24) is 4.90 Å². The maximum absolute atomic E-state index is 13.9. The van der Waals surface area contributed by atoms with Gasteiger partial charge in [0.25, 0.3) is 0 Å². The summed E-state index contributed by atoms with van der Waals surface area (Å²) in [5.41, 5.74) is 1.26. The van der Waals surface area contributed by atoms with Gasteiger partial charge >= 0.3 is 0 Å². The Bertz CT molecular complexity index is 803. The van der Waals surface area contributed by atoms with E-state index < -0.39 is 0 Å². The smallest absolute Gasteiger partial charge is 0.176 e. The van der Waals surface area contributed by atoms with Gasteiger partial charge in [0, 0.05) is 31.7 Å². The monoisotopic (exact) mass is 356 g/mol. The van der Waals surface area contributed by atoms with Gasteiger partial charge in [-0.1, -0.05) is 12.1 Å². The largest absolute Gasteiger partial charge is 0.486 e. The lowest BCUT2D eigenvalue weighted by Gasteiger charge is -2.35. The van der Waals surface area contributed by atoms with Crippen molar-refractivity contribution >= 4 is 11.5 Å². The van der Waals surface area contributed by atoms with E-state index in [1.807, 2.05) is 11.0 Å². The molecule has 2 aliphatic heterocycles. The average Bonchev–Trinajstić information content (AvgIpc) is 2.69. The van der Waals surface area contributed by atoms with Gasteiger partial charge in [-0.3, -0.25) is 9.69 Å². The Morgan fingerprint density at radius 3 is 2.46 bits per heavy atom. The fourth-order valence-corrected chi connectivity index (χ4v) is 3.37. The van der Waals surface area contributed by atoms with Crippen LogP contribution < -0.4 is 14.4 Å². The van der Waals surface area contributed by atoms with Crippen LogP contribution in [-0.4, -0.2) is 56.6 Å². The maximum Gasteiger partial charge on any atom is 0.176 e. The van der Waals surface area contributed by atoms with Crippen LogP contribution in [0.4, 0.5) is 10.1 Å². The second kappa shape index (κ2) is 7.33. The van der Waals surface area contributed by atoms with E-state index in [9.17, 15) is 9.18 Å². The molecule has 4 rings (SSSR count). The lowest BCUT2D eigenvalue weighted by Crippen LogP contribution is -2.48. The van der Waals surface area contributed by atoms with Crippen molar-refractivity contribution in [2.24, 2.45) is 0 Å². The third-order valence-electron chi connectivity index (χ3n) is 4.80. The lowest BCUT2D eigenvalue weighted by molar-refractivity contribution is 0.0925. The molecule has 136 valence electrons. The molecule has 5 nitrogen and oxygen atoms in total. The summed E-state index contributed by atoms with van der Waals surface area (Å²) in [6, 6.07) is 12.1. The zero-order valence-electron chi connectivity index (χ0n) is 14.5. The molecule has 2 heterocycles. The molecule has 2 aromatic carbocycles. The number of carbonyl (C=O) groups excluding carboxylic acids is 1. The van der Waals surface area contributed by atoms with E-state index in [1.54, 1.807) is 30.3 Å². The zero-order chi connectivity index (χ0) is 17.9. The number of ketones is 1. The number of carbonyl (C=O) groups is 1. The van der Waals surface area contributed by atoms with Crippen molar-refractivity contribution in [3.05, 3.63) is 53.8 Å². The van der Waals surface area contributed by atoms with E-state index in [-0.39, 0.29) is 11.6 Å². The van der Waals surface area contributed by atoms with Gasteiger partial charge in [-0.2, -0.15) is 0 Å².